The number of nitrogens with one attached hydrogen (secondary N) is 1. The van der Waals surface area contributed by atoms with Crippen molar-refractivity contribution >= 4 is 35.2 Å². The number of halogens is 1. The smallest absolute Gasteiger partial charge is 0.411 e. The Morgan fingerprint density at radius 3 is 2.32 bits per heavy atom. The monoisotopic (exact) mass is 529 g/mol. The van der Waals surface area contributed by atoms with Crippen LogP contribution >= 0.6 is 11.6 Å². The quantitative estimate of drug-likeness (QED) is 0.371. The molecule has 1 aliphatic heterocycles. The summed E-state index contributed by atoms with van der Waals surface area (Å²) in [6.45, 7) is 2.94. The van der Waals surface area contributed by atoms with Crippen molar-refractivity contribution in [1.82, 2.24) is 4.90 Å². The molecule has 3 rings (SSSR count). The Labute approximate surface area is 222 Å². The number of ether oxygens (including phenoxy) is 1. The van der Waals surface area contributed by atoms with Gasteiger partial charge in [-0.25, -0.2) is 4.79 Å². The van der Waals surface area contributed by atoms with E-state index in [-0.39, 0.29) is 12.5 Å². The Bertz CT molecular complexity index is 1090. The van der Waals surface area contributed by atoms with Gasteiger partial charge in [0.2, 0.25) is 11.8 Å². The topological polar surface area (TPSA) is 154 Å². The van der Waals surface area contributed by atoms with E-state index in [1.807, 2.05) is 12.1 Å². The van der Waals surface area contributed by atoms with Crippen molar-refractivity contribution in [3.8, 4) is 0 Å². The van der Waals surface area contributed by atoms with E-state index < -0.39 is 29.4 Å². The molecule has 1 fully saturated rings. The summed E-state index contributed by atoms with van der Waals surface area (Å²) in [5, 5.41) is 3.13. The molecule has 2 aromatic carbocycles. The standard InChI is InChI=1S/C27H36ClN5O4/c1-2-18-7-9-19(10-8-18)32-26(36)37-17-27(23(24(31)34)20-5-3-4-6-21(20)28)12-15-33(16-13-27)25(35)22(30)11-14-29/h3-10,22-23H,2,11-17,29-30H2,1H3,(H2,31,34)(H,32,36). The summed E-state index contributed by atoms with van der Waals surface area (Å²) >= 11 is 6.47. The zero-order valence-corrected chi connectivity index (χ0v) is 21.9. The molecule has 2 unspecified atom stereocenters. The number of hydrogen-bond donors (Lipinski definition) is 4. The third-order valence-electron chi connectivity index (χ3n) is 7.08. The lowest BCUT2D eigenvalue weighted by Crippen LogP contribution is -2.53. The summed E-state index contributed by atoms with van der Waals surface area (Å²) in [5.41, 5.74) is 18.9. The number of amides is 3. The number of likely N-dealkylation sites (tertiary alicyclic amines) is 1. The minimum atomic E-state index is -0.866. The number of primary amides is 1. The minimum Gasteiger partial charge on any atom is -0.449 e. The second-order valence-corrected chi connectivity index (χ2v) is 9.89. The van der Waals surface area contributed by atoms with E-state index in [9.17, 15) is 14.4 Å². The van der Waals surface area contributed by atoms with Crippen molar-refractivity contribution in [3.05, 3.63) is 64.7 Å². The van der Waals surface area contributed by atoms with Gasteiger partial charge < -0.3 is 26.8 Å². The van der Waals surface area contributed by atoms with Gasteiger partial charge in [0, 0.05) is 29.2 Å². The van der Waals surface area contributed by atoms with Gasteiger partial charge in [0.1, 0.15) is 6.61 Å². The summed E-state index contributed by atoms with van der Waals surface area (Å²) < 4.78 is 5.67. The zero-order chi connectivity index (χ0) is 27.0. The Balaban J connectivity index is 1.82. The number of carbonyl (C=O) groups excluding carboxylic acids is 3. The number of piperidine rings is 1. The lowest BCUT2D eigenvalue weighted by atomic mass is 9.66. The lowest BCUT2D eigenvalue weighted by molar-refractivity contribution is -0.137. The van der Waals surface area contributed by atoms with Crippen molar-refractivity contribution in [1.29, 1.82) is 0 Å². The highest BCUT2D eigenvalue weighted by molar-refractivity contribution is 6.31. The molecule has 0 aliphatic carbocycles. The van der Waals surface area contributed by atoms with Gasteiger partial charge in [0.15, 0.2) is 0 Å². The number of anilines is 1. The highest BCUT2D eigenvalue weighted by Gasteiger charge is 2.47. The normalized spacial score (nSPS) is 16.5. The van der Waals surface area contributed by atoms with Crippen LogP contribution in [0.15, 0.2) is 48.5 Å². The molecule has 200 valence electrons. The van der Waals surface area contributed by atoms with Crippen molar-refractivity contribution < 1.29 is 19.1 Å². The fourth-order valence-electron chi connectivity index (χ4n) is 4.91. The van der Waals surface area contributed by atoms with Crippen LogP contribution in [-0.4, -0.2) is 55.1 Å². The number of benzene rings is 2. The summed E-state index contributed by atoms with van der Waals surface area (Å²) in [6, 6.07) is 13.8. The van der Waals surface area contributed by atoms with E-state index in [0.717, 1.165) is 12.0 Å². The van der Waals surface area contributed by atoms with Gasteiger partial charge in [-0.3, -0.25) is 14.9 Å². The molecule has 0 saturated carbocycles. The molecule has 2 aromatic rings. The molecule has 3 amide bonds. The number of hydrogen-bond acceptors (Lipinski definition) is 6. The van der Waals surface area contributed by atoms with Crippen molar-refractivity contribution in [2.24, 2.45) is 22.6 Å². The molecular weight excluding hydrogens is 494 g/mol. The Morgan fingerprint density at radius 2 is 1.76 bits per heavy atom. The van der Waals surface area contributed by atoms with Crippen LogP contribution < -0.4 is 22.5 Å². The van der Waals surface area contributed by atoms with Crippen LogP contribution in [0.5, 0.6) is 0 Å². The highest BCUT2D eigenvalue weighted by Crippen LogP contribution is 2.46. The predicted octanol–water partition coefficient (Wildman–Crippen LogP) is 3.00. The average Bonchev–Trinajstić information content (AvgIpc) is 2.89. The molecule has 9 nitrogen and oxygen atoms in total. The van der Waals surface area contributed by atoms with Crippen LogP contribution in [0.1, 0.15) is 43.2 Å². The SMILES string of the molecule is CCc1ccc(NC(=O)OCC2(C(C(N)=O)c3ccccc3Cl)CCN(C(=O)C(N)CCN)CC2)cc1. The minimum absolute atomic E-state index is 0.0818. The van der Waals surface area contributed by atoms with E-state index in [0.29, 0.717) is 55.2 Å². The second-order valence-electron chi connectivity index (χ2n) is 9.48. The molecule has 10 heteroatoms. The number of rotatable bonds is 10. The predicted molar refractivity (Wildman–Crippen MR) is 144 cm³/mol. The highest BCUT2D eigenvalue weighted by atomic mass is 35.5. The molecule has 1 heterocycles. The summed E-state index contributed by atoms with van der Waals surface area (Å²) in [4.78, 5) is 40.0. The third kappa shape index (κ3) is 7.00. The first kappa shape index (κ1) is 28.4. The van der Waals surface area contributed by atoms with Gasteiger partial charge in [0.05, 0.1) is 12.0 Å². The van der Waals surface area contributed by atoms with Gasteiger partial charge in [-0.05, 0) is 61.6 Å². The maximum absolute atomic E-state index is 12.9. The largest absolute Gasteiger partial charge is 0.449 e. The van der Waals surface area contributed by atoms with E-state index in [2.05, 4.69) is 12.2 Å². The van der Waals surface area contributed by atoms with Crippen LogP contribution in [-0.2, 0) is 20.7 Å². The molecule has 2 atom stereocenters. The number of carbonyl (C=O) groups is 3. The van der Waals surface area contributed by atoms with Crippen LogP contribution in [0.3, 0.4) is 0 Å². The van der Waals surface area contributed by atoms with Gasteiger partial charge in [-0.15, -0.1) is 0 Å². The van der Waals surface area contributed by atoms with Crippen LogP contribution in [0, 0.1) is 5.41 Å². The van der Waals surface area contributed by atoms with Crippen molar-refractivity contribution in [2.45, 2.75) is 44.6 Å². The second kappa shape index (κ2) is 12.9. The number of aryl methyl sites for hydroxylation is 1. The lowest BCUT2D eigenvalue weighted by Gasteiger charge is -2.45. The summed E-state index contributed by atoms with van der Waals surface area (Å²) in [5.74, 6) is -1.60. The fraction of sp³-hybridized carbons (Fsp3) is 0.444. The Morgan fingerprint density at radius 1 is 1.11 bits per heavy atom. The summed E-state index contributed by atoms with van der Waals surface area (Å²) in [6.07, 6.45) is 1.36. The van der Waals surface area contributed by atoms with E-state index in [4.69, 9.17) is 33.5 Å². The Kier molecular flexibility index (Phi) is 9.91. The average molecular weight is 530 g/mol. The molecule has 0 spiro atoms. The molecule has 0 aromatic heterocycles. The van der Waals surface area contributed by atoms with Gasteiger partial charge in [-0.1, -0.05) is 48.9 Å². The third-order valence-corrected chi connectivity index (χ3v) is 7.42. The van der Waals surface area contributed by atoms with Crippen LogP contribution in [0.4, 0.5) is 10.5 Å². The maximum atomic E-state index is 12.9. The van der Waals surface area contributed by atoms with E-state index >= 15 is 0 Å². The summed E-state index contributed by atoms with van der Waals surface area (Å²) in [7, 11) is 0. The number of nitrogens with two attached hydrogens (primary N) is 3. The van der Waals surface area contributed by atoms with Gasteiger partial charge >= 0.3 is 6.09 Å². The van der Waals surface area contributed by atoms with E-state index in [1.165, 1.54) is 0 Å². The first-order chi connectivity index (χ1) is 17.7. The molecule has 7 N–H and O–H groups in total. The number of nitrogens with zero attached hydrogens (tertiary/aromatic N) is 1. The molecular formula is C27H36ClN5O4. The van der Waals surface area contributed by atoms with Gasteiger partial charge in [0.25, 0.3) is 0 Å². The van der Waals surface area contributed by atoms with Gasteiger partial charge in [-0.2, -0.15) is 0 Å². The maximum Gasteiger partial charge on any atom is 0.411 e. The van der Waals surface area contributed by atoms with Crippen LogP contribution in [0.25, 0.3) is 0 Å². The Hall–Kier alpha value is -3.14. The molecule has 0 radical (unpaired) electrons. The molecule has 1 saturated heterocycles. The zero-order valence-electron chi connectivity index (χ0n) is 21.1. The molecule has 1 aliphatic rings. The van der Waals surface area contributed by atoms with Crippen molar-refractivity contribution in [3.63, 3.8) is 0 Å². The molecule has 37 heavy (non-hydrogen) atoms. The van der Waals surface area contributed by atoms with Crippen molar-refractivity contribution in [2.75, 3.05) is 31.6 Å². The first-order valence-electron chi connectivity index (χ1n) is 12.5. The fourth-order valence-corrected chi connectivity index (χ4v) is 5.15. The molecule has 0 bridgehead atoms. The van der Waals surface area contributed by atoms with Crippen LogP contribution in [0.2, 0.25) is 5.02 Å². The first-order valence-corrected chi connectivity index (χ1v) is 12.9. The van der Waals surface area contributed by atoms with E-state index in [1.54, 1.807) is 41.3 Å².